The van der Waals surface area contributed by atoms with Gasteiger partial charge in [0.05, 0.1) is 13.2 Å². The molecule has 3 N–H and O–H groups in total. The lowest BCUT2D eigenvalue weighted by atomic mass is 9.90. The summed E-state index contributed by atoms with van der Waals surface area (Å²) < 4.78 is 5.11. The standard InChI is InChI=1S/C17H32N4O2/c1-12(2)21-11-19-14-7-15(17(22)23-3)20(10-16(14)21)9-13-5-4-6-18-8-13/h12-16,18-19H,4-11H2,1-3H3/p+1. The van der Waals surface area contributed by atoms with Crippen molar-refractivity contribution in [1.82, 2.24) is 15.1 Å². The summed E-state index contributed by atoms with van der Waals surface area (Å²) in [5.74, 6) is 0.606. The molecule has 6 heteroatoms. The molecular formula is C17H33N4O2+. The number of rotatable bonds is 4. The smallest absolute Gasteiger partial charge is 0.323 e. The van der Waals surface area contributed by atoms with Gasteiger partial charge >= 0.3 is 5.97 Å². The van der Waals surface area contributed by atoms with Crippen LogP contribution >= 0.6 is 0 Å². The largest absolute Gasteiger partial charge is 0.468 e. The Morgan fingerprint density at radius 2 is 2.26 bits per heavy atom. The quantitative estimate of drug-likeness (QED) is 0.664. The monoisotopic (exact) mass is 325 g/mol. The summed E-state index contributed by atoms with van der Waals surface area (Å²) in [7, 11) is 1.52. The third kappa shape index (κ3) is 3.71. The summed E-state index contributed by atoms with van der Waals surface area (Å²) in [6.07, 6.45) is 3.44. The number of esters is 1. The Labute approximate surface area is 139 Å². The Kier molecular flexibility index (Phi) is 5.57. The highest BCUT2D eigenvalue weighted by Gasteiger charge is 2.48. The van der Waals surface area contributed by atoms with Gasteiger partial charge in [-0.3, -0.25) is 9.69 Å². The van der Waals surface area contributed by atoms with E-state index < -0.39 is 0 Å². The van der Waals surface area contributed by atoms with Crippen LogP contribution in [0.4, 0.5) is 0 Å². The van der Waals surface area contributed by atoms with Crippen LogP contribution in [0.2, 0.25) is 0 Å². The molecule has 3 rings (SSSR count). The van der Waals surface area contributed by atoms with E-state index in [9.17, 15) is 4.79 Å². The molecule has 0 aromatic carbocycles. The first-order valence-corrected chi connectivity index (χ1v) is 9.21. The van der Waals surface area contributed by atoms with Crippen LogP contribution in [0.1, 0.15) is 33.1 Å². The van der Waals surface area contributed by atoms with Gasteiger partial charge in [-0.1, -0.05) is 0 Å². The number of hydrogen-bond donors (Lipinski definition) is 2. The van der Waals surface area contributed by atoms with Gasteiger partial charge in [-0.15, -0.1) is 0 Å². The number of hydrogen-bond acceptors (Lipinski definition) is 5. The van der Waals surface area contributed by atoms with Gasteiger partial charge in [0.1, 0.15) is 18.8 Å². The molecule has 4 atom stereocenters. The van der Waals surface area contributed by atoms with Crippen molar-refractivity contribution in [3.8, 4) is 0 Å². The van der Waals surface area contributed by atoms with Crippen LogP contribution in [0.5, 0.6) is 0 Å². The molecule has 3 heterocycles. The van der Waals surface area contributed by atoms with Gasteiger partial charge < -0.3 is 15.4 Å². The fourth-order valence-corrected chi connectivity index (χ4v) is 4.65. The van der Waals surface area contributed by atoms with Crippen LogP contribution in [-0.4, -0.2) is 79.9 Å². The fraction of sp³-hybridized carbons (Fsp3) is 0.941. The maximum Gasteiger partial charge on any atom is 0.323 e. The number of fused-ring (bicyclic) bond motifs is 1. The first-order valence-electron chi connectivity index (χ1n) is 9.21. The molecule has 0 aliphatic carbocycles. The molecule has 3 aliphatic rings. The number of quaternary nitrogens is 1. The molecule has 3 fully saturated rings. The molecule has 0 bridgehead atoms. The number of methoxy groups -OCH3 is 1. The Bertz CT molecular complexity index is 411. The highest BCUT2D eigenvalue weighted by molar-refractivity contribution is 5.75. The molecule has 0 spiro atoms. The predicted molar refractivity (Wildman–Crippen MR) is 88.9 cm³/mol. The summed E-state index contributed by atoms with van der Waals surface area (Å²) in [6.45, 7) is 9.84. The van der Waals surface area contributed by atoms with Crippen LogP contribution in [-0.2, 0) is 9.53 Å². The Morgan fingerprint density at radius 1 is 1.43 bits per heavy atom. The van der Waals surface area contributed by atoms with E-state index in [2.05, 4.69) is 34.3 Å². The molecule has 4 unspecified atom stereocenters. The first kappa shape index (κ1) is 17.1. The van der Waals surface area contributed by atoms with Crippen LogP contribution in [0.15, 0.2) is 0 Å². The highest BCUT2D eigenvalue weighted by atomic mass is 16.5. The molecule has 0 aromatic rings. The highest BCUT2D eigenvalue weighted by Crippen LogP contribution is 2.26. The summed E-state index contributed by atoms with van der Waals surface area (Å²) >= 11 is 0. The summed E-state index contributed by atoms with van der Waals surface area (Å²) in [5, 5.41) is 5.91. The second kappa shape index (κ2) is 7.47. The zero-order chi connectivity index (χ0) is 16.4. The number of piperidine rings is 2. The van der Waals surface area contributed by atoms with Gasteiger partial charge in [0.2, 0.25) is 0 Å². The fourth-order valence-electron chi connectivity index (χ4n) is 4.65. The minimum absolute atomic E-state index is 0.0522. The minimum Gasteiger partial charge on any atom is -0.468 e. The summed E-state index contributed by atoms with van der Waals surface area (Å²) in [5.41, 5.74) is 0. The van der Waals surface area contributed by atoms with Gasteiger partial charge in [-0.25, -0.2) is 4.90 Å². The van der Waals surface area contributed by atoms with Gasteiger partial charge in [-0.2, -0.15) is 0 Å². The number of carbonyl (C=O) groups excluding carboxylic acids is 1. The van der Waals surface area contributed by atoms with Crippen LogP contribution < -0.4 is 10.6 Å². The predicted octanol–water partition coefficient (Wildman–Crippen LogP) is -0.785. The summed E-state index contributed by atoms with van der Waals surface area (Å²) in [6, 6.07) is 1.59. The van der Waals surface area contributed by atoms with Gasteiger partial charge in [0.25, 0.3) is 0 Å². The number of nitrogens with one attached hydrogen (secondary N) is 1. The number of carbonyl (C=O) groups is 1. The van der Waals surface area contributed by atoms with Crippen molar-refractivity contribution in [3.63, 3.8) is 0 Å². The molecule has 3 aliphatic heterocycles. The molecule has 3 saturated heterocycles. The lowest BCUT2D eigenvalue weighted by molar-refractivity contribution is -0.678. The maximum absolute atomic E-state index is 12.3. The van der Waals surface area contributed by atoms with Crippen molar-refractivity contribution in [3.05, 3.63) is 0 Å². The van der Waals surface area contributed by atoms with Crippen molar-refractivity contribution in [1.29, 1.82) is 0 Å². The molecule has 6 nitrogen and oxygen atoms in total. The van der Waals surface area contributed by atoms with E-state index in [1.54, 1.807) is 0 Å². The second-order valence-electron chi connectivity index (χ2n) is 7.70. The molecule has 23 heavy (non-hydrogen) atoms. The van der Waals surface area contributed by atoms with Crippen molar-refractivity contribution in [2.45, 2.75) is 57.3 Å². The molecule has 0 saturated carbocycles. The van der Waals surface area contributed by atoms with Crippen LogP contribution in [0, 0.1) is 5.92 Å². The Hall–Kier alpha value is -0.690. The minimum atomic E-state index is -0.0634. The topological polar surface area (TPSA) is 61.4 Å². The average molecular weight is 325 g/mol. The first-order chi connectivity index (χ1) is 11.1. The number of nitrogens with two attached hydrogens (primary N) is 1. The third-order valence-corrected chi connectivity index (χ3v) is 5.93. The lowest BCUT2D eigenvalue weighted by Gasteiger charge is -2.42. The van der Waals surface area contributed by atoms with Crippen molar-refractivity contribution in [2.24, 2.45) is 5.92 Å². The number of likely N-dealkylation sites (tertiary alicyclic amines) is 1. The van der Waals surface area contributed by atoms with E-state index in [-0.39, 0.29) is 12.0 Å². The maximum atomic E-state index is 12.3. The van der Waals surface area contributed by atoms with Crippen LogP contribution in [0.25, 0.3) is 0 Å². The SMILES string of the molecule is COC(=O)C1CC2[NH2+]CN(C(C)C)C2CN1CC1CCCNC1. The molecule has 0 aromatic heterocycles. The Balaban J connectivity index is 1.70. The molecular weight excluding hydrogens is 292 g/mol. The van der Waals surface area contributed by atoms with E-state index >= 15 is 0 Å². The van der Waals surface area contributed by atoms with E-state index in [1.807, 2.05) is 0 Å². The number of ether oxygens (including phenoxy) is 1. The van der Waals surface area contributed by atoms with E-state index in [0.29, 0.717) is 24.0 Å². The molecule has 132 valence electrons. The van der Waals surface area contributed by atoms with E-state index in [0.717, 1.165) is 39.3 Å². The number of nitrogens with zero attached hydrogens (tertiary/aromatic N) is 2. The van der Waals surface area contributed by atoms with Crippen molar-refractivity contribution >= 4 is 5.97 Å². The zero-order valence-corrected chi connectivity index (χ0v) is 14.8. The normalized spacial score (nSPS) is 36.2. The van der Waals surface area contributed by atoms with E-state index in [4.69, 9.17) is 4.74 Å². The van der Waals surface area contributed by atoms with Crippen LogP contribution in [0.3, 0.4) is 0 Å². The second-order valence-corrected chi connectivity index (χ2v) is 7.70. The van der Waals surface area contributed by atoms with Gasteiger partial charge in [0, 0.05) is 25.6 Å². The zero-order valence-electron chi connectivity index (χ0n) is 14.8. The van der Waals surface area contributed by atoms with Crippen molar-refractivity contribution < 1.29 is 14.8 Å². The lowest BCUT2D eigenvalue weighted by Crippen LogP contribution is -2.89. The molecule has 0 amide bonds. The van der Waals surface area contributed by atoms with Gasteiger partial charge in [-0.05, 0) is 45.7 Å². The van der Waals surface area contributed by atoms with E-state index in [1.165, 1.54) is 20.0 Å². The third-order valence-electron chi connectivity index (χ3n) is 5.93. The summed E-state index contributed by atoms with van der Waals surface area (Å²) in [4.78, 5) is 17.3. The van der Waals surface area contributed by atoms with Gasteiger partial charge in [0.15, 0.2) is 0 Å². The average Bonchev–Trinajstić information content (AvgIpc) is 2.97. The Morgan fingerprint density at radius 3 is 2.91 bits per heavy atom. The van der Waals surface area contributed by atoms with Crippen molar-refractivity contribution in [2.75, 3.05) is 40.0 Å². The molecule has 0 radical (unpaired) electrons.